The lowest BCUT2D eigenvalue weighted by Gasteiger charge is -2.27. The quantitative estimate of drug-likeness (QED) is 0.686. The van der Waals surface area contributed by atoms with Gasteiger partial charge in [0.05, 0.1) is 23.3 Å². The van der Waals surface area contributed by atoms with E-state index in [-0.39, 0.29) is 24.1 Å². The van der Waals surface area contributed by atoms with Crippen molar-refractivity contribution in [1.29, 1.82) is 0 Å². The molecule has 0 radical (unpaired) electrons. The van der Waals surface area contributed by atoms with E-state index >= 15 is 0 Å². The van der Waals surface area contributed by atoms with E-state index in [0.29, 0.717) is 30.8 Å². The number of carbonyl (C=O) groups is 1. The fourth-order valence-electron chi connectivity index (χ4n) is 4.18. The van der Waals surface area contributed by atoms with E-state index in [1.807, 2.05) is 47.4 Å². The smallest absolute Gasteiger partial charge is 0.269 e. The lowest BCUT2D eigenvalue weighted by atomic mass is 10.0. The lowest BCUT2D eigenvalue weighted by Crippen LogP contribution is -2.36. The molecule has 3 aromatic rings. The molecule has 0 bridgehead atoms. The normalized spacial score (nSPS) is 18.2. The van der Waals surface area contributed by atoms with E-state index < -0.39 is 0 Å². The zero-order valence-corrected chi connectivity index (χ0v) is 15.9. The second kappa shape index (κ2) is 7.24. The first-order valence-corrected chi connectivity index (χ1v) is 9.84. The number of benzene rings is 2. The van der Waals surface area contributed by atoms with E-state index in [2.05, 4.69) is 4.98 Å². The van der Waals surface area contributed by atoms with Gasteiger partial charge in [-0.2, -0.15) is 0 Å². The topological polar surface area (TPSA) is 73.7 Å². The van der Waals surface area contributed by atoms with E-state index in [9.17, 15) is 9.59 Å². The number of ether oxygens (including phenoxy) is 2. The predicted octanol–water partition coefficient (Wildman–Crippen LogP) is 2.53. The Balaban J connectivity index is 1.43. The average Bonchev–Trinajstić information content (AvgIpc) is 3.25. The number of amides is 1. The van der Waals surface area contributed by atoms with Crippen molar-refractivity contribution >= 4 is 16.9 Å². The Morgan fingerprint density at radius 1 is 1.10 bits per heavy atom. The maximum Gasteiger partial charge on any atom is 0.269 e. The number of hydrogen-bond acceptors (Lipinski definition) is 5. The van der Waals surface area contributed by atoms with Crippen LogP contribution in [0, 0.1) is 0 Å². The minimum atomic E-state index is -0.271. The zero-order valence-electron chi connectivity index (χ0n) is 15.9. The second-order valence-corrected chi connectivity index (χ2v) is 7.32. The van der Waals surface area contributed by atoms with Crippen LogP contribution in [0.3, 0.4) is 0 Å². The molecule has 2 aliphatic heterocycles. The van der Waals surface area contributed by atoms with Crippen LogP contribution < -0.4 is 15.0 Å². The first-order valence-electron chi connectivity index (χ1n) is 9.84. The third-order valence-electron chi connectivity index (χ3n) is 5.57. The lowest BCUT2D eigenvalue weighted by molar-refractivity contribution is -0.132. The number of nitrogens with zero attached hydrogens (tertiary/aromatic N) is 3. The molecular formula is C22H21N3O4. The number of hydrogen-bond donors (Lipinski definition) is 0. The summed E-state index contributed by atoms with van der Waals surface area (Å²) < 4.78 is 12.8. The summed E-state index contributed by atoms with van der Waals surface area (Å²) in [5, 5.41) is 0. The van der Waals surface area contributed by atoms with Gasteiger partial charge >= 0.3 is 0 Å². The van der Waals surface area contributed by atoms with Crippen molar-refractivity contribution in [2.75, 3.05) is 19.8 Å². The Hall–Kier alpha value is -3.35. The van der Waals surface area contributed by atoms with Gasteiger partial charge in [0, 0.05) is 6.54 Å². The first-order chi connectivity index (χ1) is 14.2. The van der Waals surface area contributed by atoms with Gasteiger partial charge in [-0.1, -0.05) is 18.2 Å². The molecule has 0 unspecified atom stereocenters. The van der Waals surface area contributed by atoms with Crippen molar-refractivity contribution in [3.63, 3.8) is 0 Å². The second-order valence-electron chi connectivity index (χ2n) is 7.32. The monoisotopic (exact) mass is 391 g/mol. The van der Waals surface area contributed by atoms with Crippen molar-refractivity contribution in [3.05, 3.63) is 64.6 Å². The summed E-state index contributed by atoms with van der Waals surface area (Å²) in [5.41, 5.74) is 2.13. The fraction of sp³-hybridized carbons (Fsp3) is 0.318. The SMILES string of the molecule is O=C(Cn1c(=O)cnc2ccccc21)N1CCC[C@@H]1c1ccc2c(c1)OCCO2. The third kappa shape index (κ3) is 3.22. The highest BCUT2D eigenvalue weighted by Gasteiger charge is 2.31. The molecule has 1 saturated heterocycles. The molecule has 1 amide bonds. The number of fused-ring (bicyclic) bond motifs is 2. The Kier molecular flexibility index (Phi) is 4.42. The third-order valence-corrected chi connectivity index (χ3v) is 5.57. The van der Waals surface area contributed by atoms with Crippen LogP contribution in [0.5, 0.6) is 11.5 Å². The number of likely N-dealkylation sites (tertiary alicyclic amines) is 1. The molecule has 0 aliphatic carbocycles. The van der Waals surface area contributed by atoms with E-state index in [1.165, 1.54) is 10.8 Å². The molecule has 0 N–H and O–H groups in total. The van der Waals surface area contributed by atoms with Gasteiger partial charge in [-0.25, -0.2) is 4.98 Å². The van der Waals surface area contributed by atoms with Crippen molar-refractivity contribution in [1.82, 2.24) is 14.5 Å². The van der Waals surface area contributed by atoms with Crippen molar-refractivity contribution < 1.29 is 14.3 Å². The highest BCUT2D eigenvalue weighted by Crippen LogP contribution is 2.38. The summed E-state index contributed by atoms with van der Waals surface area (Å²) in [4.78, 5) is 31.6. The Bertz CT molecular complexity index is 1140. The molecule has 2 aromatic carbocycles. The molecule has 29 heavy (non-hydrogen) atoms. The van der Waals surface area contributed by atoms with Crippen LogP contribution >= 0.6 is 0 Å². The summed E-state index contributed by atoms with van der Waals surface area (Å²) in [7, 11) is 0. The first kappa shape index (κ1) is 17.7. The number of rotatable bonds is 3. The van der Waals surface area contributed by atoms with Gasteiger partial charge in [-0.15, -0.1) is 0 Å². The molecule has 0 saturated carbocycles. The van der Waals surface area contributed by atoms with Crippen LogP contribution in [0.15, 0.2) is 53.5 Å². The summed E-state index contributed by atoms with van der Waals surface area (Å²) >= 11 is 0. The van der Waals surface area contributed by atoms with Crippen LogP contribution in [0.1, 0.15) is 24.4 Å². The standard InChI is InChI=1S/C22H21N3O4/c26-21-13-23-16-4-1-2-5-18(16)25(21)14-22(27)24-9-3-6-17(24)15-7-8-19-20(12-15)29-11-10-28-19/h1-2,4-5,7-8,12-13,17H,3,6,9-11,14H2/t17-/m1/s1. The Morgan fingerprint density at radius 3 is 2.83 bits per heavy atom. The molecular weight excluding hydrogens is 370 g/mol. The van der Waals surface area contributed by atoms with Crippen LogP contribution in [-0.2, 0) is 11.3 Å². The molecule has 7 nitrogen and oxygen atoms in total. The van der Waals surface area contributed by atoms with Gasteiger partial charge in [-0.3, -0.25) is 14.2 Å². The van der Waals surface area contributed by atoms with Crippen LogP contribution in [0.2, 0.25) is 0 Å². The maximum absolute atomic E-state index is 13.2. The fourth-order valence-corrected chi connectivity index (χ4v) is 4.18. The molecule has 3 heterocycles. The van der Waals surface area contributed by atoms with Gasteiger partial charge in [0.1, 0.15) is 19.8 Å². The highest BCUT2D eigenvalue weighted by molar-refractivity contribution is 5.80. The Labute approximate surface area is 167 Å². The molecule has 1 aromatic heterocycles. The maximum atomic E-state index is 13.2. The molecule has 0 spiro atoms. The van der Waals surface area contributed by atoms with Gasteiger partial charge in [0.25, 0.3) is 5.56 Å². The summed E-state index contributed by atoms with van der Waals surface area (Å²) in [6.07, 6.45) is 3.09. The van der Waals surface area contributed by atoms with Crippen LogP contribution in [0.25, 0.3) is 11.0 Å². The molecule has 5 rings (SSSR count). The zero-order chi connectivity index (χ0) is 19.8. The molecule has 7 heteroatoms. The van der Waals surface area contributed by atoms with Crippen LogP contribution in [0.4, 0.5) is 0 Å². The van der Waals surface area contributed by atoms with Crippen molar-refractivity contribution in [2.45, 2.75) is 25.4 Å². The minimum absolute atomic E-state index is 0.00290. The Morgan fingerprint density at radius 2 is 1.93 bits per heavy atom. The molecule has 1 atom stereocenters. The number of aromatic nitrogens is 2. The van der Waals surface area contributed by atoms with E-state index in [4.69, 9.17) is 9.47 Å². The largest absolute Gasteiger partial charge is 0.486 e. The molecule has 148 valence electrons. The molecule has 2 aliphatic rings. The van der Waals surface area contributed by atoms with Crippen LogP contribution in [-0.4, -0.2) is 40.1 Å². The average molecular weight is 391 g/mol. The van der Waals surface area contributed by atoms with Gasteiger partial charge in [0.15, 0.2) is 11.5 Å². The number of para-hydroxylation sites is 2. The van der Waals surface area contributed by atoms with E-state index in [0.717, 1.165) is 29.9 Å². The summed E-state index contributed by atoms with van der Waals surface area (Å²) in [6, 6.07) is 13.2. The summed E-state index contributed by atoms with van der Waals surface area (Å²) in [5.74, 6) is 1.40. The highest BCUT2D eigenvalue weighted by atomic mass is 16.6. The van der Waals surface area contributed by atoms with Gasteiger partial charge in [-0.05, 0) is 42.7 Å². The number of carbonyl (C=O) groups excluding carboxylic acids is 1. The van der Waals surface area contributed by atoms with Crippen molar-refractivity contribution in [2.24, 2.45) is 0 Å². The predicted molar refractivity (Wildman–Crippen MR) is 107 cm³/mol. The van der Waals surface area contributed by atoms with Gasteiger partial charge < -0.3 is 14.4 Å². The summed E-state index contributed by atoms with van der Waals surface area (Å²) in [6.45, 7) is 1.76. The van der Waals surface area contributed by atoms with E-state index in [1.54, 1.807) is 0 Å². The van der Waals surface area contributed by atoms with Crippen molar-refractivity contribution in [3.8, 4) is 11.5 Å². The molecule has 1 fully saturated rings. The minimum Gasteiger partial charge on any atom is -0.486 e. The van der Waals surface area contributed by atoms with Gasteiger partial charge in [0.2, 0.25) is 5.91 Å².